The number of halogens is 3. The Morgan fingerprint density at radius 2 is 2.10 bits per heavy atom. The van der Waals surface area contributed by atoms with Crippen LogP contribution in [-0.4, -0.2) is 41.3 Å². The highest BCUT2D eigenvalue weighted by Crippen LogP contribution is 2.42. The third-order valence-electron chi connectivity index (χ3n) is 5.24. The molecule has 0 amide bonds. The number of ether oxygens (including phenoxy) is 1. The number of rotatable bonds is 4. The zero-order chi connectivity index (χ0) is 22.5. The summed E-state index contributed by atoms with van der Waals surface area (Å²) in [5, 5.41) is 10.4. The second-order valence-corrected chi connectivity index (χ2v) is 7.79. The monoisotopic (exact) mass is 440 g/mol. The fourth-order valence-corrected chi connectivity index (χ4v) is 3.53. The van der Waals surface area contributed by atoms with Gasteiger partial charge in [0.1, 0.15) is 10.3 Å². The lowest BCUT2D eigenvalue weighted by Crippen LogP contribution is -2.51. The number of hydrogen-bond donors (Lipinski definition) is 2. The van der Waals surface area contributed by atoms with Crippen LogP contribution in [-0.2, 0) is 11.4 Å². The van der Waals surface area contributed by atoms with Crippen LogP contribution in [0.4, 0.5) is 18.9 Å². The van der Waals surface area contributed by atoms with Crippen molar-refractivity contribution in [2.24, 2.45) is 0 Å². The van der Waals surface area contributed by atoms with Gasteiger partial charge < -0.3 is 15.4 Å². The van der Waals surface area contributed by atoms with Gasteiger partial charge in [0.05, 0.1) is 16.7 Å². The molecule has 4 rings (SSSR count). The molecule has 12 heteroatoms. The fourth-order valence-electron chi connectivity index (χ4n) is 3.53. The molecule has 1 fully saturated rings. The summed E-state index contributed by atoms with van der Waals surface area (Å²) >= 11 is 0. The Morgan fingerprint density at radius 3 is 2.68 bits per heavy atom. The normalized spacial score (nSPS) is 15.6. The number of alkyl halides is 3. The Morgan fingerprint density at radius 1 is 1.39 bits per heavy atom. The van der Waals surface area contributed by atoms with E-state index in [0.717, 1.165) is 24.3 Å². The molecule has 0 aliphatic carbocycles. The zero-order valence-electron chi connectivity index (χ0n) is 17.0. The largest absolute Gasteiger partial charge is 0.493 e. The zero-order valence-corrected chi connectivity index (χ0v) is 17.0. The Kier molecular flexibility index (Phi) is 5.12. The first-order chi connectivity index (χ1) is 14.6. The van der Waals surface area contributed by atoms with Gasteiger partial charge in [-0.1, -0.05) is 13.8 Å². The van der Waals surface area contributed by atoms with Crippen LogP contribution in [0.3, 0.4) is 0 Å². The van der Waals surface area contributed by atoms with E-state index in [9.17, 15) is 22.9 Å². The van der Waals surface area contributed by atoms with Gasteiger partial charge >= 0.3 is 12.1 Å². The second-order valence-electron chi connectivity index (χ2n) is 7.79. The molecule has 1 aromatic heterocycles. The maximum absolute atomic E-state index is 12.5. The Labute approximate surface area is 174 Å². The summed E-state index contributed by atoms with van der Waals surface area (Å²) in [6, 6.07) is 4.03. The van der Waals surface area contributed by atoms with Crippen LogP contribution < -0.4 is 24.7 Å². The Balaban J connectivity index is 1.80. The Hall–Kier alpha value is -3.15. The van der Waals surface area contributed by atoms with Gasteiger partial charge in [-0.15, -0.1) is 0 Å². The molecule has 2 aliphatic rings. The second kappa shape index (κ2) is 7.52. The number of nitrogens with zero attached hydrogens (tertiary/aromatic N) is 3. The van der Waals surface area contributed by atoms with Crippen molar-refractivity contribution in [2.45, 2.75) is 45.5 Å². The van der Waals surface area contributed by atoms with Gasteiger partial charge in [-0.05, 0) is 28.5 Å². The van der Waals surface area contributed by atoms with E-state index < -0.39 is 12.1 Å². The van der Waals surface area contributed by atoms with E-state index in [1.165, 1.54) is 6.92 Å². The van der Waals surface area contributed by atoms with Crippen LogP contribution in [0.25, 0.3) is 11.1 Å². The van der Waals surface area contributed by atoms with Crippen LogP contribution in [0.2, 0.25) is 0 Å². The molecular formula is C19H21F3N5O4+. The molecule has 31 heavy (non-hydrogen) atoms. The molecule has 2 N–H and O–H groups in total. The number of nitrogens with one attached hydrogen (secondary N) is 2. The number of benzene rings is 1. The van der Waals surface area contributed by atoms with Crippen LogP contribution in [0.15, 0.2) is 12.1 Å². The molecule has 0 radical (unpaired) electrons. The lowest BCUT2D eigenvalue weighted by molar-refractivity contribution is -0.646. The van der Waals surface area contributed by atoms with E-state index in [-0.39, 0.29) is 39.5 Å². The van der Waals surface area contributed by atoms with E-state index >= 15 is 0 Å². The van der Waals surface area contributed by atoms with Crippen molar-refractivity contribution in [1.82, 2.24) is 15.4 Å². The van der Waals surface area contributed by atoms with Crippen molar-refractivity contribution < 1.29 is 32.1 Å². The lowest BCUT2D eigenvalue weighted by atomic mass is 9.92. The van der Waals surface area contributed by atoms with E-state index in [4.69, 9.17) is 4.74 Å². The number of carbonyl (C=O) groups excluding carboxylic acids is 1. The average Bonchev–Trinajstić information content (AvgIpc) is 2.66. The van der Waals surface area contributed by atoms with E-state index in [0.29, 0.717) is 16.9 Å². The number of anilines is 1. The smallest absolute Gasteiger partial charge is 0.484 e. The minimum atomic E-state index is -5.27. The predicted octanol–water partition coefficient (Wildman–Crippen LogP) is 1.69. The molecule has 1 aromatic carbocycles. The van der Waals surface area contributed by atoms with Gasteiger partial charge in [0.2, 0.25) is 10.7 Å². The number of carbonyl (C=O) groups is 1. The molecular weight excluding hydrogens is 419 g/mol. The fraction of sp³-hybridized carbons (Fsp3) is 0.474. The molecule has 3 heterocycles. The van der Waals surface area contributed by atoms with Crippen molar-refractivity contribution in [3.8, 4) is 16.9 Å². The van der Waals surface area contributed by atoms with E-state index in [1.54, 1.807) is 0 Å². The molecule has 0 atom stereocenters. The van der Waals surface area contributed by atoms with Gasteiger partial charge in [-0.2, -0.15) is 13.2 Å². The molecule has 2 aromatic rings. The molecule has 1 saturated heterocycles. The van der Waals surface area contributed by atoms with Gasteiger partial charge in [0.25, 0.3) is 0 Å². The van der Waals surface area contributed by atoms with E-state index in [2.05, 4.69) is 34.4 Å². The third-order valence-corrected chi connectivity index (χ3v) is 5.24. The topological polar surface area (TPSA) is 100 Å². The van der Waals surface area contributed by atoms with Crippen LogP contribution >= 0.6 is 0 Å². The molecule has 0 spiro atoms. The highest BCUT2D eigenvalue weighted by Gasteiger charge is 2.44. The highest BCUT2D eigenvalue weighted by molar-refractivity contribution is 5.80. The maximum atomic E-state index is 12.5. The van der Waals surface area contributed by atoms with Crippen molar-refractivity contribution in [2.75, 3.05) is 18.4 Å². The number of aromatic nitrogens is 3. The molecule has 0 saturated carbocycles. The number of hydrogen-bond acceptors (Lipinski definition) is 7. The van der Waals surface area contributed by atoms with Crippen molar-refractivity contribution in [1.29, 1.82) is 0 Å². The molecule has 166 valence electrons. The summed E-state index contributed by atoms with van der Waals surface area (Å²) in [5.74, 6) is -1.80. The first-order valence-electron chi connectivity index (χ1n) is 9.69. The van der Waals surface area contributed by atoms with Crippen molar-refractivity contribution >= 4 is 11.7 Å². The van der Waals surface area contributed by atoms with Crippen molar-refractivity contribution in [3.05, 3.63) is 34.0 Å². The summed E-state index contributed by atoms with van der Waals surface area (Å²) in [6.07, 6.45) is -5.27. The minimum Gasteiger partial charge on any atom is -0.484 e. The summed E-state index contributed by atoms with van der Waals surface area (Å²) < 4.78 is 43.4. The quantitative estimate of drug-likeness (QED) is 0.698. The summed E-state index contributed by atoms with van der Waals surface area (Å²) in [6.45, 7) is 7.09. The maximum Gasteiger partial charge on any atom is 0.493 e. The third kappa shape index (κ3) is 3.82. The molecule has 9 nitrogen and oxygen atoms in total. The van der Waals surface area contributed by atoms with E-state index in [1.807, 2.05) is 12.1 Å². The van der Waals surface area contributed by atoms with Gasteiger partial charge in [-0.25, -0.2) is 4.79 Å². The van der Waals surface area contributed by atoms with Gasteiger partial charge in [-0.3, -0.25) is 4.84 Å². The molecule has 0 unspecified atom stereocenters. The molecule has 0 bridgehead atoms. The number of fused-ring (bicyclic) bond motifs is 3. The minimum absolute atomic E-state index is 0.0108. The summed E-state index contributed by atoms with van der Waals surface area (Å²) in [7, 11) is 0. The van der Waals surface area contributed by atoms with Gasteiger partial charge in [0.15, 0.2) is 12.3 Å². The standard InChI is InChI=1S/C19H21F3N5O4/c1-9(2)12-5-16-13(4-14(12)24-11-6-23-7-11)17-10(3)26(29)27(25-15(17)8-30-16)31-18(28)19(20,21)22/h4-5,9,11,23-24H,6-8H2,1-3H3/q+1. The Bertz CT molecular complexity index is 1110. The molecule has 2 aliphatic heterocycles. The van der Waals surface area contributed by atoms with Crippen molar-refractivity contribution in [3.63, 3.8) is 0 Å². The summed E-state index contributed by atoms with van der Waals surface area (Å²) in [4.78, 5) is 27.8. The van der Waals surface area contributed by atoms with Gasteiger partial charge in [0, 0.05) is 31.3 Å². The predicted molar refractivity (Wildman–Crippen MR) is 102 cm³/mol. The SMILES string of the molecule is Cc1c2c(nn(OC(=O)C(F)(F)F)[n+]1=O)COc1cc(C(C)C)c(NC3CNC3)cc1-2. The lowest BCUT2D eigenvalue weighted by Gasteiger charge is -2.31. The van der Waals surface area contributed by atoms with Crippen LogP contribution in [0.1, 0.15) is 36.7 Å². The van der Waals surface area contributed by atoms with Crippen LogP contribution in [0.5, 0.6) is 5.75 Å². The average molecular weight is 440 g/mol. The highest BCUT2D eigenvalue weighted by atomic mass is 19.4. The summed E-state index contributed by atoms with van der Waals surface area (Å²) in [5.41, 5.74) is 3.15. The van der Waals surface area contributed by atoms with Crippen LogP contribution in [0, 0.1) is 11.8 Å². The first kappa shape index (κ1) is 21.1. The first-order valence-corrected chi connectivity index (χ1v) is 9.69.